The van der Waals surface area contributed by atoms with Crippen molar-refractivity contribution in [2.75, 3.05) is 13.2 Å². The number of hydrogen-bond donors (Lipinski definition) is 1. The van der Waals surface area contributed by atoms with Gasteiger partial charge in [-0.15, -0.1) is 0 Å². The third-order valence-corrected chi connectivity index (χ3v) is 4.22. The first kappa shape index (κ1) is 14.0. The number of rotatable bonds is 4. The van der Waals surface area contributed by atoms with Crippen LogP contribution < -0.4 is 0 Å². The van der Waals surface area contributed by atoms with E-state index in [4.69, 9.17) is 9.84 Å². The highest BCUT2D eigenvalue weighted by Crippen LogP contribution is 2.23. The van der Waals surface area contributed by atoms with Crippen molar-refractivity contribution < 1.29 is 14.6 Å². The molecule has 1 aliphatic rings. The smallest absolute Gasteiger partial charge is 0.335 e. The maximum atomic E-state index is 10.9. The van der Waals surface area contributed by atoms with Gasteiger partial charge in [-0.05, 0) is 48.4 Å². The fraction of sp³-hybridized carbons (Fsp3) is 0.222. The molecule has 5 nitrogen and oxygen atoms in total. The van der Waals surface area contributed by atoms with Gasteiger partial charge in [0.1, 0.15) is 0 Å². The lowest BCUT2D eigenvalue weighted by Gasteiger charge is -2.25. The van der Waals surface area contributed by atoms with Crippen molar-refractivity contribution in [1.29, 1.82) is 0 Å². The second kappa shape index (κ2) is 5.52. The molecule has 2 heterocycles. The Morgan fingerprint density at radius 2 is 2.00 bits per heavy atom. The molecule has 0 bridgehead atoms. The number of hydrogen-bond acceptors (Lipinski definition) is 3. The van der Waals surface area contributed by atoms with Gasteiger partial charge >= 0.3 is 5.97 Å². The normalized spacial score (nSPS) is 14.8. The van der Waals surface area contributed by atoms with Crippen molar-refractivity contribution in [2.45, 2.75) is 6.42 Å². The predicted molar refractivity (Wildman–Crippen MR) is 86.0 cm³/mol. The van der Waals surface area contributed by atoms with E-state index in [9.17, 15) is 4.79 Å². The monoisotopic (exact) mass is 308 g/mol. The zero-order valence-electron chi connectivity index (χ0n) is 12.5. The Balaban J connectivity index is 1.66. The molecule has 0 aliphatic carbocycles. The minimum atomic E-state index is -0.925. The molecular formula is C18H16N2O3. The first-order valence-electron chi connectivity index (χ1n) is 7.59. The van der Waals surface area contributed by atoms with Gasteiger partial charge in [0.05, 0.1) is 36.2 Å². The summed E-state index contributed by atoms with van der Waals surface area (Å²) in [5, 5.41) is 14.5. The van der Waals surface area contributed by atoms with E-state index in [0.717, 1.165) is 36.2 Å². The fourth-order valence-corrected chi connectivity index (χ4v) is 2.90. The fourth-order valence-electron chi connectivity index (χ4n) is 2.90. The zero-order chi connectivity index (χ0) is 15.8. The molecule has 4 rings (SSSR count). The standard InChI is InChI=1S/C18H16N2O3/c21-18(22)14-2-4-16(5-3-14)20-17-6-1-12(7-13-10-23-11-13)8-15(17)9-19-20/h1-6,8-9,13H,7,10-11H2,(H,21,22). The van der Waals surface area contributed by atoms with Gasteiger partial charge in [-0.1, -0.05) is 6.07 Å². The summed E-state index contributed by atoms with van der Waals surface area (Å²) in [7, 11) is 0. The molecule has 0 spiro atoms. The van der Waals surface area contributed by atoms with Crippen LogP contribution in [0.15, 0.2) is 48.7 Å². The Bertz CT molecular complexity index is 864. The maximum absolute atomic E-state index is 10.9. The molecule has 1 saturated heterocycles. The SMILES string of the molecule is O=C(O)c1ccc(-n2ncc3cc(CC4COC4)ccc32)cc1. The average Bonchev–Trinajstić information content (AvgIpc) is 2.94. The molecule has 1 fully saturated rings. The van der Waals surface area contributed by atoms with Crippen molar-refractivity contribution >= 4 is 16.9 Å². The summed E-state index contributed by atoms with van der Waals surface area (Å²) in [6.07, 6.45) is 2.88. The van der Waals surface area contributed by atoms with E-state index in [0.29, 0.717) is 5.92 Å². The molecule has 23 heavy (non-hydrogen) atoms. The second-order valence-electron chi connectivity index (χ2n) is 5.91. The Kier molecular flexibility index (Phi) is 3.35. The van der Waals surface area contributed by atoms with E-state index >= 15 is 0 Å². The number of aromatic carboxylic acids is 1. The highest BCUT2D eigenvalue weighted by molar-refractivity contribution is 5.88. The Morgan fingerprint density at radius 3 is 2.65 bits per heavy atom. The van der Waals surface area contributed by atoms with Crippen molar-refractivity contribution in [1.82, 2.24) is 9.78 Å². The number of aromatic nitrogens is 2. The van der Waals surface area contributed by atoms with Crippen LogP contribution in [0, 0.1) is 5.92 Å². The van der Waals surface area contributed by atoms with Gasteiger partial charge < -0.3 is 9.84 Å². The van der Waals surface area contributed by atoms with Gasteiger partial charge in [-0.25, -0.2) is 9.48 Å². The van der Waals surface area contributed by atoms with E-state index in [2.05, 4.69) is 23.3 Å². The van der Waals surface area contributed by atoms with E-state index < -0.39 is 5.97 Å². The minimum absolute atomic E-state index is 0.273. The largest absolute Gasteiger partial charge is 0.478 e. The lowest BCUT2D eigenvalue weighted by molar-refractivity contribution is -0.0312. The van der Waals surface area contributed by atoms with Crippen LogP contribution in [0.1, 0.15) is 15.9 Å². The predicted octanol–water partition coefficient (Wildman–Crippen LogP) is 2.91. The van der Waals surface area contributed by atoms with Crippen LogP contribution in [0.5, 0.6) is 0 Å². The van der Waals surface area contributed by atoms with E-state index in [1.165, 1.54) is 5.56 Å². The van der Waals surface area contributed by atoms with E-state index in [-0.39, 0.29) is 5.56 Å². The molecular weight excluding hydrogens is 292 g/mol. The number of ether oxygens (including phenoxy) is 1. The number of nitrogens with zero attached hydrogens (tertiary/aromatic N) is 2. The number of carbonyl (C=O) groups is 1. The van der Waals surface area contributed by atoms with Crippen molar-refractivity contribution in [2.24, 2.45) is 5.92 Å². The molecule has 0 saturated carbocycles. The van der Waals surface area contributed by atoms with Crippen LogP contribution in [0.2, 0.25) is 0 Å². The third kappa shape index (κ3) is 2.59. The van der Waals surface area contributed by atoms with Gasteiger partial charge in [0.2, 0.25) is 0 Å². The Labute approximate surface area is 133 Å². The molecule has 0 radical (unpaired) electrons. The number of carboxylic acid groups (broad SMARTS) is 1. The molecule has 3 aromatic rings. The highest BCUT2D eigenvalue weighted by atomic mass is 16.5. The van der Waals surface area contributed by atoms with E-state index in [1.54, 1.807) is 24.3 Å². The van der Waals surface area contributed by atoms with Crippen LogP contribution in [-0.4, -0.2) is 34.1 Å². The quantitative estimate of drug-likeness (QED) is 0.805. The summed E-state index contributed by atoms with van der Waals surface area (Å²) in [6.45, 7) is 1.71. The molecule has 5 heteroatoms. The summed E-state index contributed by atoms with van der Waals surface area (Å²) < 4.78 is 7.06. The van der Waals surface area contributed by atoms with Gasteiger partial charge in [-0.2, -0.15) is 5.10 Å². The molecule has 0 atom stereocenters. The molecule has 0 unspecified atom stereocenters. The zero-order valence-corrected chi connectivity index (χ0v) is 12.5. The first-order chi connectivity index (χ1) is 11.2. The molecule has 116 valence electrons. The molecule has 1 aliphatic heterocycles. The maximum Gasteiger partial charge on any atom is 0.335 e. The average molecular weight is 308 g/mol. The molecule has 2 aromatic carbocycles. The van der Waals surface area contributed by atoms with Crippen LogP contribution in [0.3, 0.4) is 0 Å². The summed E-state index contributed by atoms with van der Waals surface area (Å²) >= 11 is 0. The van der Waals surface area contributed by atoms with Crippen LogP contribution in [0.25, 0.3) is 16.6 Å². The molecule has 1 N–H and O–H groups in total. The second-order valence-corrected chi connectivity index (χ2v) is 5.91. The van der Waals surface area contributed by atoms with Crippen molar-refractivity contribution in [3.8, 4) is 5.69 Å². The van der Waals surface area contributed by atoms with Crippen LogP contribution in [0.4, 0.5) is 0 Å². The van der Waals surface area contributed by atoms with Gasteiger partial charge in [0, 0.05) is 11.3 Å². The summed E-state index contributed by atoms with van der Waals surface area (Å²) in [4.78, 5) is 10.9. The Hall–Kier alpha value is -2.66. The number of fused-ring (bicyclic) bond motifs is 1. The summed E-state index contributed by atoms with van der Waals surface area (Å²) in [6, 6.07) is 13.1. The molecule has 0 amide bonds. The lowest BCUT2D eigenvalue weighted by atomic mass is 9.97. The molecule has 1 aromatic heterocycles. The van der Waals surface area contributed by atoms with Gasteiger partial charge in [0.15, 0.2) is 0 Å². The lowest BCUT2D eigenvalue weighted by Crippen LogP contribution is -2.29. The van der Waals surface area contributed by atoms with Crippen LogP contribution in [-0.2, 0) is 11.2 Å². The van der Waals surface area contributed by atoms with Crippen molar-refractivity contribution in [3.63, 3.8) is 0 Å². The van der Waals surface area contributed by atoms with Crippen LogP contribution >= 0.6 is 0 Å². The first-order valence-corrected chi connectivity index (χ1v) is 7.59. The minimum Gasteiger partial charge on any atom is -0.478 e. The van der Waals surface area contributed by atoms with E-state index in [1.807, 2.05) is 10.9 Å². The highest BCUT2D eigenvalue weighted by Gasteiger charge is 2.19. The van der Waals surface area contributed by atoms with Crippen molar-refractivity contribution in [3.05, 3.63) is 59.8 Å². The summed E-state index contributed by atoms with van der Waals surface area (Å²) in [5.41, 5.74) is 3.44. The van der Waals surface area contributed by atoms with Gasteiger partial charge in [-0.3, -0.25) is 0 Å². The third-order valence-electron chi connectivity index (χ3n) is 4.22. The number of benzene rings is 2. The summed E-state index contributed by atoms with van der Waals surface area (Å²) in [5.74, 6) is -0.294. The van der Waals surface area contributed by atoms with Gasteiger partial charge in [0.25, 0.3) is 0 Å². The Morgan fingerprint density at radius 1 is 1.22 bits per heavy atom. The number of carboxylic acids is 1. The topological polar surface area (TPSA) is 64.3 Å².